The molecule has 24 heavy (non-hydrogen) atoms. The van der Waals surface area contributed by atoms with Crippen molar-refractivity contribution in [3.8, 4) is 0 Å². The SMILES string of the molecule is CCOC(=O)CCNC(=S)N1CCCN1C(=O)c1ccc(Cl)nc1. The number of pyridine rings is 1. The molecule has 1 amide bonds. The molecule has 0 saturated carbocycles. The van der Waals surface area contributed by atoms with Gasteiger partial charge in [-0.2, -0.15) is 0 Å². The van der Waals surface area contributed by atoms with Crippen LogP contribution in [0.4, 0.5) is 0 Å². The summed E-state index contributed by atoms with van der Waals surface area (Å²) in [4.78, 5) is 27.8. The number of esters is 1. The first-order valence-corrected chi connectivity index (χ1v) is 8.46. The maximum absolute atomic E-state index is 12.6. The summed E-state index contributed by atoms with van der Waals surface area (Å²) >= 11 is 11.1. The van der Waals surface area contributed by atoms with Gasteiger partial charge in [0.05, 0.1) is 18.6 Å². The minimum absolute atomic E-state index is 0.189. The van der Waals surface area contributed by atoms with E-state index in [-0.39, 0.29) is 18.3 Å². The summed E-state index contributed by atoms with van der Waals surface area (Å²) in [6, 6.07) is 3.20. The molecule has 0 aliphatic carbocycles. The number of carbonyl (C=O) groups excluding carboxylic acids is 2. The van der Waals surface area contributed by atoms with Crippen molar-refractivity contribution < 1.29 is 14.3 Å². The van der Waals surface area contributed by atoms with Gasteiger partial charge in [0, 0.05) is 25.8 Å². The van der Waals surface area contributed by atoms with Crippen LogP contribution in [0, 0.1) is 0 Å². The predicted octanol–water partition coefficient (Wildman–Crippen LogP) is 1.63. The Morgan fingerprint density at radius 1 is 1.38 bits per heavy atom. The molecule has 7 nitrogen and oxygen atoms in total. The first-order chi connectivity index (χ1) is 11.5. The number of carbonyl (C=O) groups is 2. The van der Waals surface area contributed by atoms with E-state index in [1.54, 1.807) is 29.1 Å². The molecule has 1 aliphatic rings. The second-order valence-corrected chi connectivity index (χ2v) is 5.84. The van der Waals surface area contributed by atoms with Crippen LogP contribution in [-0.2, 0) is 9.53 Å². The van der Waals surface area contributed by atoms with Gasteiger partial charge < -0.3 is 10.1 Å². The Balaban J connectivity index is 1.92. The number of hydrogen-bond acceptors (Lipinski definition) is 5. The molecule has 0 aromatic carbocycles. The summed E-state index contributed by atoms with van der Waals surface area (Å²) in [5.74, 6) is -0.472. The normalized spacial score (nSPS) is 13.8. The predicted molar refractivity (Wildman–Crippen MR) is 93.5 cm³/mol. The number of halogens is 1. The first-order valence-electron chi connectivity index (χ1n) is 7.67. The van der Waals surface area contributed by atoms with Crippen LogP contribution in [0.5, 0.6) is 0 Å². The molecule has 9 heteroatoms. The van der Waals surface area contributed by atoms with E-state index in [1.807, 2.05) is 0 Å². The molecule has 1 N–H and O–H groups in total. The Morgan fingerprint density at radius 2 is 2.12 bits per heavy atom. The number of amides is 1. The van der Waals surface area contributed by atoms with E-state index in [2.05, 4.69) is 10.3 Å². The molecule has 0 radical (unpaired) electrons. The highest BCUT2D eigenvalue weighted by atomic mass is 35.5. The van der Waals surface area contributed by atoms with Crippen LogP contribution in [0.1, 0.15) is 30.1 Å². The lowest BCUT2D eigenvalue weighted by atomic mass is 10.2. The van der Waals surface area contributed by atoms with E-state index < -0.39 is 0 Å². The highest BCUT2D eigenvalue weighted by Crippen LogP contribution is 2.16. The lowest BCUT2D eigenvalue weighted by Gasteiger charge is -2.30. The molecule has 1 aromatic rings. The fourth-order valence-corrected chi connectivity index (χ4v) is 2.68. The van der Waals surface area contributed by atoms with Gasteiger partial charge in [0.1, 0.15) is 5.15 Å². The number of hydrogen-bond donors (Lipinski definition) is 1. The van der Waals surface area contributed by atoms with Crippen molar-refractivity contribution in [1.82, 2.24) is 20.3 Å². The first kappa shape index (κ1) is 18.4. The Morgan fingerprint density at radius 3 is 2.79 bits per heavy atom. The quantitative estimate of drug-likeness (QED) is 0.479. The van der Waals surface area contributed by atoms with Crippen molar-refractivity contribution in [3.05, 3.63) is 29.0 Å². The Kier molecular flexibility index (Phi) is 6.74. The van der Waals surface area contributed by atoms with Gasteiger partial charge in [0.2, 0.25) is 0 Å². The van der Waals surface area contributed by atoms with Gasteiger partial charge in [-0.25, -0.2) is 9.99 Å². The average Bonchev–Trinajstić information content (AvgIpc) is 3.04. The van der Waals surface area contributed by atoms with Gasteiger partial charge in [0.15, 0.2) is 5.11 Å². The number of thiocarbonyl (C=S) groups is 1. The fourth-order valence-electron chi connectivity index (χ4n) is 2.28. The smallest absolute Gasteiger partial charge is 0.307 e. The van der Waals surface area contributed by atoms with E-state index in [4.69, 9.17) is 28.6 Å². The topological polar surface area (TPSA) is 74.8 Å². The van der Waals surface area contributed by atoms with Crippen molar-refractivity contribution in [2.75, 3.05) is 26.2 Å². The molecule has 0 bridgehead atoms. The van der Waals surface area contributed by atoms with E-state index in [0.717, 1.165) is 6.42 Å². The number of nitrogens with zero attached hydrogens (tertiary/aromatic N) is 3. The number of hydrazine groups is 1. The average molecular weight is 371 g/mol. The second kappa shape index (κ2) is 8.79. The zero-order valence-corrected chi connectivity index (χ0v) is 14.9. The van der Waals surface area contributed by atoms with Crippen LogP contribution < -0.4 is 5.32 Å². The molecule has 0 atom stereocenters. The monoisotopic (exact) mass is 370 g/mol. The van der Waals surface area contributed by atoms with Crippen LogP contribution in [0.3, 0.4) is 0 Å². The maximum Gasteiger partial charge on any atom is 0.307 e. The highest BCUT2D eigenvalue weighted by molar-refractivity contribution is 7.80. The molecule has 2 heterocycles. The van der Waals surface area contributed by atoms with Gasteiger partial charge in [-0.05, 0) is 37.7 Å². The van der Waals surface area contributed by atoms with Crippen molar-refractivity contribution >= 4 is 40.8 Å². The largest absolute Gasteiger partial charge is 0.466 e. The molecule has 1 aliphatic heterocycles. The number of ether oxygens (including phenoxy) is 1. The standard InChI is InChI=1S/C15H19ClN4O3S/c1-2-23-13(21)6-7-17-15(24)20-9-3-8-19(20)14(22)11-4-5-12(16)18-10-11/h4-5,10H,2-3,6-9H2,1H3,(H,17,24). The lowest BCUT2D eigenvalue weighted by molar-refractivity contribution is -0.142. The van der Waals surface area contributed by atoms with Crippen LogP contribution in [-0.4, -0.2) is 58.2 Å². The molecular formula is C15H19ClN4O3S. The molecular weight excluding hydrogens is 352 g/mol. The summed E-state index contributed by atoms with van der Waals surface area (Å²) in [7, 11) is 0. The van der Waals surface area contributed by atoms with Crippen molar-refractivity contribution in [2.24, 2.45) is 0 Å². The Hall–Kier alpha value is -1.93. The Bertz CT molecular complexity index is 611. The number of aromatic nitrogens is 1. The summed E-state index contributed by atoms with van der Waals surface area (Å²) in [6.07, 6.45) is 2.47. The zero-order valence-electron chi connectivity index (χ0n) is 13.3. The van der Waals surface area contributed by atoms with Crippen LogP contribution >= 0.6 is 23.8 Å². The minimum Gasteiger partial charge on any atom is -0.466 e. The molecule has 0 unspecified atom stereocenters. The van der Waals surface area contributed by atoms with E-state index >= 15 is 0 Å². The van der Waals surface area contributed by atoms with Crippen molar-refractivity contribution in [2.45, 2.75) is 19.8 Å². The highest BCUT2D eigenvalue weighted by Gasteiger charge is 2.29. The fraction of sp³-hybridized carbons (Fsp3) is 0.467. The van der Waals surface area contributed by atoms with Crippen molar-refractivity contribution in [1.29, 1.82) is 0 Å². The van der Waals surface area contributed by atoms with Crippen LogP contribution in [0.15, 0.2) is 18.3 Å². The number of rotatable bonds is 5. The van der Waals surface area contributed by atoms with Crippen LogP contribution in [0.25, 0.3) is 0 Å². The van der Waals surface area contributed by atoms with Gasteiger partial charge in [-0.1, -0.05) is 11.6 Å². The Labute approximate surface area is 150 Å². The molecule has 1 aromatic heterocycles. The molecule has 1 fully saturated rings. The third kappa shape index (κ3) is 4.78. The zero-order chi connectivity index (χ0) is 17.5. The maximum atomic E-state index is 12.6. The number of nitrogens with one attached hydrogen (secondary N) is 1. The third-order valence-corrected chi connectivity index (χ3v) is 3.96. The van der Waals surface area contributed by atoms with Gasteiger partial charge >= 0.3 is 5.97 Å². The van der Waals surface area contributed by atoms with Gasteiger partial charge in [0.25, 0.3) is 5.91 Å². The summed E-state index contributed by atoms with van der Waals surface area (Å²) in [5, 5.41) is 7.01. The summed E-state index contributed by atoms with van der Waals surface area (Å²) in [5.41, 5.74) is 0.445. The molecule has 130 valence electrons. The van der Waals surface area contributed by atoms with Gasteiger partial charge in [-0.3, -0.25) is 14.6 Å². The third-order valence-electron chi connectivity index (χ3n) is 3.39. The van der Waals surface area contributed by atoms with E-state index in [0.29, 0.717) is 42.1 Å². The molecule has 1 saturated heterocycles. The van der Waals surface area contributed by atoms with E-state index in [1.165, 1.54) is 6.20 Å². The van der Waals surface area contributed by atoms with Crippen LogP contribution in [0.2, 0.25) is 5.15 Å². The summed E-state index contributed by atoms with van der Waals surface area (Å²) in [6.45, 7) is 3.68. The summed E-state index contributed by atoms with van der Waals surface area (Å²) < 4.78 is 4.86. The molecule has 0 spiro atoms. The second-order valence-electron chi connectivity index (χ2n) is 5.06. The van der Waals surface area contributed by atoms with Gasteiger partial charge in [-0.15, -0.1) is 0 Å². The lowest BCUT2D eigenvalue weighted by Crippen LogP contribution is -2.49. The van der Waals surface area contributed by atoms with Crippen molar-refractivity contribution in [3.63, 3.8) is 0 Å². The molecule has 2 rings (SSSR count). The van der Waals surface area contributed by atoms with E-state index in [9.17, 15) is 9.59 Å². The minimum atomic E-state index is -0.283.